The van der Waals surface area contributed by atoms with E-state index >= 15 is 0 Å². The van der Waals surface area contributed by atoms with Crippen LogP contribution in [0.2, 0.25) is 5.02 Å². The van der Waals surface area contributed by atoms with Crippen LogP contribution in [0.3, 0.4) is 0 Å². The second-order valence-corrected chi connectivity index (χ2v) is 10.7. The minimum absolute atomic E-state index is 0.0401. The standard InChI is InChI=1S/C24H26ClF2N7O2/c25-13-5-16(26)19(17(27)6-13)32-23-31-18-9-29-22(30-14-7-24(8-14)10-36-11-24)33-21(18)34(23)15-3-1-12(2-4-15)20(28)35/h5-6,9,12,14-15H,1-4,7-8,10-11H2,(H2,28,35)(H,31,32)(H,29,30,33)/t12-,15+. The lowest BCUT2D eigenvalue weighted by Crippen LogP contribution is -2.56. The molecule has 0 bridgehead atoms. The molecule has 0 atom stereocenters. The summed E-state index contributed by atoms with van der Waals surface area (Å²) in [6.07, 6.45) is 6.15. The first-order valence-corrected chi connectivity index (χ1v) is 12.5. The van der Waals surface area contributed by atoms with E-state index in [0.717, 1.165) is 38.2 Å². The highest BCUT2D eigenvalue weighted by molar-refractivity contribution is 6.30. The number of fused-ring (bicyclic) bond motifs is 1. The van der Waals surface area contributed by atoms with Crippen molar-refractivity contribution in [1.29, 1.82) is 0 Å². The number of carbonyl (C=O) groups excluding carboxylic acids is 1. The van der Waals surface area contributed by atoms with E-state index < -0.39 is 11.6 Å². The van der Waals surface area contributed by atoms with Crippen LogP contribution in [0.15, 0.2) is 18.3 Å². The molecule has 4 N–H and O–H groups in total. The van der Waals surface area contributed by atoms with Crippen molar-refractivity contribution in [1.82, 2.24) is 19.5 Å². The quantitative estimate of drug-likeness (QED) is 0.445. The molecule has 2 aliphatic carbocycles. The van der Waals surface area contributed by atoms with E-state index in [2.05, 4.69) is 20.6 Å². The van der Waals surface area contributed by atoms with Gasteiger partial charge in [0.15, 0.2) is 17.3 Å². The van der Waals surface area contributed by atoms with Crippen molar-refractivity contribution >= 4 is 46.3 Å². The number of aromatic nitrogens is 4. The van der Waals surface area contributed by atoms with Crippen LogP contribution >= 0.6 is 11.6 Å². The van der Waals surface area contributed by atoms with Gasteiger partial charge in [-0.25, -0.2) is 18.7 Å². The number of benzene rings is 1. The van der Waals surface area contributed by atoms with Crippen molar-refractivity contribution in [3.05, 3.63) is 35.0 Å². The zero-order valence-electron chi connectivity index (χ0n) is 19.4. The zero-order chi connectivity index (χ0) is 25.0. The molecule has 1 spiro atoms. The SMILES string of the molecule is NC(=O)[C@H]1CC[C@@H](n2c(Nc3c(F)cc(Cl)cc3F)nc3cnc(NC4CC5(COC5)C4)nc32)CC1. The molecule has 12 heteroatoms. The van der Waals surface area contributed by atoms with Crippen LogP contribution < -0.4 is 16.4 Å². The third-order valence-corrected chi connectivity index (χ3v) is 7.87. The lowest BCUT2D eigenvalue weighted by molar-refractivity contribution is -0.160. The average Bonchev–Trinajstić information content (AvgIpc) is 3.14. The lowest BCUT2D eigenvalue weighted by atomic mass is 9.64. The van der Waals surface area contributed by atoms with Crippen LogP contribution in [0.1, 0.15) is 44.6 Å². The van der Waals surface area contributed by atoms with Crippen molar-refractivity contribution in [3.8, 4) is 0 Å². The van der Waals surface area contributed by atoms with Gasteiger partial charge in [-0.05, 0) is 50.7 Å². The Morgan fingerprint density at radius 2 is 1.83 bits per heavy atom. The second-order valence-electron chi connectivity index (χ2n) is 10.2. The maximum Gasteiger partial charge on any atom is 0.224 e. The molecule has 3 fully saturated rings. The number of hydrogen-bond acceptors (Lipinski definition) is 7. The van der Waals surface area contributed by atoms with Gasteiger partial charge in [-0.2, -0.15) is 4.98 Å². The van der Waals surface area contributed by atoms with Crippen LogP contribution in [0.25, 0.3) is 11.2 Å². The van der Waals surface area contributed by atoms with E-state index in [1.165, 1.54) is 0 Å². The number of carbonyl (C=O) groups is 1. The van der Waals surface area contributed by atoms with Crippen molar-refractivity contribution in [3.63, 3.8) is 0 Å². The molecule has 36 heavy (non-hydrogen) atoms. The fourth-order valence-electron chi connectivity index (χ4n) is 5.68. The Bertz CT molecular complexity index is 1310. The number of anilines is 3. The van der Waals surface area contributed by atoms with Gasteiger partial charge >= 0.3 is 0 Å². The summed E-state index contributed by atoms with van der Waals surface area (Å²) in [7, 11) is 0. The summed E-state index contributed by atoms with van der Waals surface area (Å²) in [5.41, 5.74) is 6.51. The number of rotatable bonds is 6. The maximum absolute atomic E-state index is 14.6. The van der Waals surface area contributed by atoms with Crippen molar-refractivity contribution in [2.75, 3.05) is 23.8 Å². The Morgan fingerprint density at radius 3 is 2.44 bits per heavy atom. The Morgan fingerprint density at radius 1 is 1.14 bits per heavy atom. The van der Waals surface area contributed by atoms with Crippen molar-refractivity contribution in [2.45, 2.75) is 50.6 Å². The number of nitrogens with one attached hydrogen (secondary N) is 2. The van der Waals surface area contributed by atoms with E-state index in [0.29, 0.717) is 48.2 Å². The number of primary amides is 1. The van der Waals surface area contributed by atoms with E-state index in [4.69, 9.17) is 27.1 Å². The van der Waals surface area contributed by atoms with Crippen molar-refractivity contribution in [2.24, 2.45) is 17.1 Å². The first-order valence-electron chi connectivity index (χ1n) is 12.1. The predicted molar refractivity (Wildman–Crippen MR) is 130 cm³/mol. The summed E-state index contributed by atoms with van der Waals surface area (Å²) in [6, 6.07) is 2.26. The molecule has 3 aliphatic rings. The monoisotopic (exact) mass is 517 g/mol. The molecule has 9 nitrogen and oxygen atoms in total. The van der Waals surface area contributed by atoms with E-state index in [9.17, 15) is 13.6 Å². The summed E-state index contributed by atoms with van der Waals surface area (Å²) < 4.78 is 36.4. The van der Waals surface area contributed by atoms with Crippen LogP contribution in [-0.4, -0.2) is 44.7 Å². The van der Waals surface area contributed by atoms with Crippen LogP contribution in [-0.2, 0) is 9.53 Å². The van der Waals surface area contributed by atoms with Gasteiger partial charge in [-0.3, -0.25) is 9.36 Å². The van der Waals surface area contributed by atoms with Gasteiger partial charge < -0.3 is 21.1 Å². The molecule has 2 aromatic heterocycles. The number of ether oxygens (including phenoxy) is 1. The fraction of sp³-hybridized carbons (Fsp3) is 0.500. The molecular weight excluding hydrogens is 492 g/mol. The van der Waals surface area contributed by atoms with Gasteiger partial charge in [0, 0.05) is 28.4 Å². The zero-order valence-corrected chi connectivity index (χ0v) is 20.2. The molecule has 0 radical (unpaired) electrons. The summed E-state index contributed by atoms with van der Waals surface area (Å²) in [5, 5.41) is 6.17. The summed E-state index contributed by atoms with van der Waals surface area (Å²) in [4.78, 5) is 25.4. The number of halogens is 3. The van der Waals surface area contributed by atoms with Crippen LogP contribution in [0, 0.1) is 23.0 Å². The Balaban J connectivity index is 1.33. The first kappa shape index (κ1) is 23.4. The van der Waals surface area contributed by atoms with Crippen LogP contribution in [0.4, 0.5) is 26.4 Å². The second kappa shape index (κ2) is 8.81. The molecule has 3 aromatic rings. The average molecular weight is 518 g/mol. The predicted octanol–water partition coefficient (Wildman–Crippen LogP) is 4.31. The smallest absolute Gasteiger partial charge is 0.224 e. The van der Waals surface area contributed by atoms with E-state index in [1.54, 1.807) is 6.20 Å². The third-order valence-electron chi connectivity index (χ3n) is 7.65. The largest absolute Gasteiger partial charge is 0.380 e. The number of nitrogens with zero attached hydrogens (tertiary/aromatic N) is 4. The Hall–Kier alpha value is -3.05. The third kappa shape index (κ3) is 4.13. The van der Waals surface area contributed by atoms with E-state index in [-0.39, 0.29) is 40.6 Å². The van der Waals surface area contributed by atoms with E-state index in [1.807, 2.05) is 4.57 Å². The fourth-order valence-corrected chi connectivity index (χ4v) is 5.87. The molecule has 1 aromatic carbocycles. The molecule has 0 unspecified atom stereocenters. The first-order chi connectivity index (χ1) is 17.3. The molecular formula is C24H26ClF2N7O2. The molecule has 1 aliphatic heterocycles. The molecule has 3 heterocycles. The number of nitrogens with two attached hydrogens (primary N) is 1. The van der Waals surface area contributed by atoms with Gasteiger partial charge in [-0.15, -0.1) is 0 Å². The molecule has 6 rings (SSSR count). The topological polar surface area (TPSA) is 120 Å². The van der Waals surface area contributed by atoms with Gasteiger partial charge in [-0.1, -0.05) is 11.6 Å². The highest BCUT2D eigenvalue weighted by atomic mass is 35.5. The summed E-state index contributed by atoms with van der Waals surface area (Å²) in [6.45, 7) is 1.61. The van der Waals surface area contributed by atoms with Gasteiger partial charge in [0.05, 0.1) is 19.4 Å². The number of amides is 1. The van der Waals surface area contributed by atoms with Crippen molar-refractivity contribution < 1.29 is 18.3 Å². The summed E-state index contributed by atoms with van der Waals surface area (Å²) in [5.74, 6) is -1.44. The molecule has 1 amide bonds. The normalized spacial score (nSPS) is 23.3. The highest BCUT2D eigenvalue weighted by Crippen LogP contribution is 2.47. The van der Waals surface area contributed by atoms with Gasteiger partial charge in [0.1, 0.15) is 11.2 Å². The van der Waals surface area contributed by atoms with Gasteiger partial charge in [0.25, 0.3) is 0 Å². The minimum atomic E-state index is -0.830. The highest BCUT2D eigenvalue weighted by Gasteiger charge is 2.50. The Kier molecular flexibility index (Phi) is 5.71. The maximum atomic E-state index is 14.6. The number of hydrogen-bond donors (Lipinski definition) is 3. The molecule has 2 saturated carbocycles. The molecule has 190 valence electrons. The number of imidazole rings is 1. The molecule has 1 saturated heterocycles. The van der Waals surface area contributed by atoms with Gasteiger partial charge in [0.2, 0.25) is 17.8 Å². The lowest BCUT2D eigenvalue weighted by Gasteiger charge is -2.53. The van der Waals surface area contributed by atoms with Crippen LogP contribution in [0.5, 0.6) is 0 Å². The minimum Gasteiger partial charge on any atom is -0.380 e. The Labute approximate surface area is 210 Å². The summed E-state index contributed by atoms with van der Waals surface area (Å²) >= 11 is 5.79.